The lowest BCUT2D eigenvalue weighted by molar-refractivity contribution is -0.137. The molecule has 0 bridgehead atoms. The van der Waals surface area contributed by atoms with E-state index >= 15 is 0 Å². The van der Waals surface area contributed by atoms with Crippen LogP contribution in [0.15, 0.2) is 29.2 Å². The summed E-state index contributed by atoms with van der Waals surface area (Å²) in [4.78, 5) is 24.0. The number of sulfonamides is 1. The first-order valence-corrected chi connectivity index (χ1v) is 7.77. The molecule has 0 saturated heterocycles. The number of hydrogen-bond donors (Lipinski definition) is 2. The van der Waals surface area contributed by atoms with Gasteiger partial charge in [0.15, 0.2) is 0 Å². The van der Waals surface area contributed by atoms with Crippen molar-refractivity contribution in [2.45, 2.75) is 17.7 Å². The molecule has 0 spiro atoms. The number of nitrogens with zero attached hydrogens (tertiary/aromatic N) is 1. The molecular weight excluding hydrogens is 296 g/mol. The van der Waals surface area contributed by atoms with Crippen LogP contribution >= 0.6 is 0 Å². The van der Waals surface area contributed by atoms with E-state index in [-0.39, 0.29) is 17.2 Å². The highest BCUT2D eigenvalue weighted by Crippen LogP contribution is 2.11. The molecule has 8 heteroatoms. The molecule has 0 aliphatic heterocycles. The number of carboxylic acids is 1. The van der Waals surface area contributed by atoms with Gasteiger partial charge in [0.25, 0.3) is 5.91 Å². The summed E-state index contributed by atoms with van der Waals surface area (Å²) < 4.78 is 25.3. The van der Waals surface area contributed by atoms with E-state index in [0.717, 1.165) is 0 Å². The monoisotopic (exact) mass is 314 g/mol. The second-order valence-electron chi connectivity index (χ2n) is 4.46. The Morgan fingerprint density at radius 1 is 1.24 bits per heavy atom. The van der Waals surface area contributed by atoms with Gasteiger partial charge in [-0.25, -0.2) is 13.1 Å². The lowest BCUT2D eigenvalue weighted by Crippen LogP contribution is -2.28. The summed E-state index contributed by atoms with van der Waals surface area (Å²) in [6.07, 6.45) is 0.362. The van der Waals surface area contributed by atoms with Gasteiger partial charge in [-0.1, -0.05) is 0 Å². The molecule has 0 radical (unpaired) electrons. The smallest absolute Gasteiger partial charge is 0.303 e. The number of carbonyl (C=O) groups is 2. The van der Waals surface area contributed by atoms with Gasteiger partial charge in [-0.2, -0.15) is 0 Å². The Hall–Kier alpha value is -1.93. The normalized spacial score (nSPS) is 11.1. The molecule has 1 amide bonds. The number of nitrogens with one attached hydrogen (secondary N) is 1. The number of aliphatic carboxylic acids is 1. The number of carboxylic acid groups (broad SMARTS) is 1. The number of hydrogen-bond acceptors (Lipinski definition) is 4. The minimum Gasteiger partial charge on any atom is -0.481 e. The summed E-state index contributed by atoms with van der Waals surface area (Å²) in [5.41, 5.74) is 0.350. The quantitative estimate of drug-likeness (QED) is 0.764. The topological polar surface area (TPSA) is 104 Å². The average Bonchev–Trinajstić information content (AvgIpc) is 2.46. The van der Waals surface area contributed by atoms with E-state index in [4.69, 9.17) is 5.11 Å². The molecular formula is C13H18N2O5S. The molecule has 0 atom stereocenters. The Morgan fingerprint density at radius 2 is 1.81 bits per heavy atom. The maximum atomic E-state index is 12.1. The molecule has 116 valence electrons. The van der Waals surface area contributed by atoms with Crippen molar-refractivity contribution in [1.29, 1.82) is 0 Å². The molecule has 21 heavy (non-hydrogen) atoms. The zero-order chi connectivity index (χ0) is 16.0. The standard InChI is InChI=1S/C13H18N2O5S/c1-14-21(19,20)11-7-5-10(6-8-11)13(18)15(2)9-3-4-12(16)17/h5-8,14H,3-4,9H2,1-2H3,(H,16,17). The van der Waals surface area contributed by atoms with Crippen molar-refractivity contribution in [3.05, 3.63) is 29.8 Å². The predicted molar refractivity (Wildman–Crippen MR) is 76.5 cm³/mol. The van der Waals surface area contributed by atoms with Crippen LogP contribution in [0.5, 0.6) is 0 Å². The molecule has 1 aromatic rings. The Bertz CT molecular complexity index is 610. The third-order valence-corrected chi connectivity index (χ3v) is 4.34. The minimum atomic E-state index is -3.52. The van der Waals surface area contributed by atoms with Crippen LogP contribution in [0.4, 0.5) is 0 Å². The molecule has 0 aliphatic carbocycles. The Balaban J connectivity index is 2.73. The van der Waals surface area contributed by atoms with Gasteiger partial charge in [-0.3, -0.25) is 9.59 Å². The van der Waals surface area contributed by atoms with E-state index in [1.165, 1.54) is 36.2 Å². The van der Waals surface area contributed by atoms with Gasteiger partial charge < -0.3 is 10.0 Å². The molecule has 0 heterocycles. The summed E-state index contributed by atoms with van der Waals surface area (Å²) in [5.74, 6) is -1.19. The van der Waals surface area contributed by atoms with E-state index in [9.17, 15) is 18.0 Å². The van der Waals surface area contributed by atoms with Crippen molar-refractivity contribution in [2.24, 2.45) is 0 Å². The van der Waals surface area contributed by atoms with Gasteiger partial charge >= 0.3 is 5.97 Å². The summed E-state index contributed by atoms with van der Waals surface area (Å²) >= 11 is 0. The van der Waals surface area contributed by atoms with Gasteiger partial charge in [-0.15, -0.1) is 0 Å². The first kappa shape index (κ1) is 17.1. The second kappa shape index (κ2) is 7.19. The van der Waals surface area contributed by atoms with Crippen LogP contribution < -0.4 is 4.72 Å². The number of benzene rings is 1. The maximum Gasteiger partial charge on any atom is 0.303 e. The average molecular weight is 314 g/mol. The molecule has 0 aromatic heterocycles. The minimum absolute atomic E-state index is 0.00301. The van der Waals surface area contributed by atoms with Gasteiger partial charge in [-0.05, 0) is 37.7 Å². The van der Waals surface area contributed by atoms with Crippen LogP contribution in [0.2, 0.25) is 0 Å². The zero-order valence-corrected chi connectivity index (χ0v) is 12.7. The Labute approximate surface area is 123 Å². The SMILES string of the molecule is CNS(=O)(=O)c1ccc(C(=O)N(C)CCCC(=O)O)cc1. The fraction of sp³-hybridized carbons (Fsp3) is 0.385. The number of carbonyl (C=O) groups excluding carboxylic acids is 1. The summed E-state index contributed by atoms with van der Waals surface area (Å²) in [6.45, 7) is 0.321. The molecule has 0 fully saturated rings. The van der Waals surface area contributed by atoms with Crippen LogP contribution in [0.25, 0.3) is 0 Å². The van der Waals surface area contributed by atoms with Crippen molar-refractivity contribution in [3.63, 3.8) is 0 Å². The summed E-state index contributed by atoms with van der Waals surface area (Å²) in [7, 11) is -0.643. The first-order valence-electron chi connectivity index (χ1n) is 6.29. The van der Waals surface area contributed by atoms with E-state index in [2.05, 4.69) is 4.72 Å². The third kappa shape index (κ3) is 4.83. The van der Waals surface area contributed by atoms with Crippen LogP contribution in [0, 0.1) is 0 Å². The van der Waals surface area contributed by atoms with Crippen LogP contribution in [-0.2, 0) is 14.8 Å². The highest BCUT2D eigenvalue weighted by Gasteiger charge is 2.15. The molecule has 0 saturated carbocycles. The second-order valence-corrected chi connectivity index (χ2v) is 6.34. The Kier molecular flexibility index (Phi) is 5.86. The van der Waals surface area contributed by atoms with Crippen molar-refractivity contribution in [1.82, 2.24) is 9.62 Å². The lowest BCUT2D eigenvalue weighted by Gasteiger charge is -2.16. The maximum absolute atomic E-state index is 12.1. The summed E-state index contributed by atoms with van der Waals surface area (Å²) in [5, 5.41) is 8.55. The van der Waals surface area contributed by atoms with Crippen LogP contribution in [0.1, 0.15) is 23.2 Å². The van der Waals surface area contributed by atoms with E-state index in [1.807, 2.05) is 0 Å². The van der Waals surface area contributed by atoms with Crippen LogP contribution in [-0.4, -0.2) is 50.9 Å². The molecule has 7 nitrogen and oxygen atoms in total. The van der Waals surface area contributed by atoms with Crippen LogP contribution in [0.3, 0.4) is 0 Å². The Morgan fingerprint density at radius 3 is 2.29 bits per heavy atom. The lowest BCUT2D eigenvalue weighted by atomic mass is 10.2. The van der Waals surface area contributed by atoms with Crippen molar-refractivity contribution >= 4 is 21.9 Å². The zero-order valence-electron chi connectivity index (χ0n) is 11.9. The molecule has 0 unspecified atom stereocenters. The molecule has 1 rings (SSSR count). The fourth-order valence-corrected chi connectivity index (χ4v) is 2.41. The first-order chi connectivity index (χ1) is 9.77. The fourth-order valence-electron chi connectivity index (χ4n) is 1.68. The van der Waals surface area contributed by atoms with Gasteiger partial charge in [0.1, 0.15) is 0 Å². The van der Waals surface area contributed by atoms with Gasteiger partial charge in [0, 0.05) is 25.6 Å². The molecule has 2 N–H and O–H groups in total. The van der Waals surface area contributed by atoms with Crippen molar-refractivity contribution in [2.75, 3.05) is 20.6 Å². The van der Waals surface area contributed by atoms with Crippen molar-refractivity contribution in [3.8, 4) is 0 Å². The number of rotatable bonds is 7. The van der Waals surface area contributed by atoms with E-state index in [1.54, 1.807) is 7.05 Å². The third-order valence-electron chi connectivity index (χ3n) is 2.91. The molecule has 1 aromatic carbocycles. The van der Waals surface area contributed by atoms with E-state index < -0.39 is 16.0 Å². The van der Waals surface area contributed by atoms with E-state index in [0.29, 0.717) is 18.5 Å². The van der Waals surface area contributed by atoms with Gasteiger partial charge in [0.2, 0.25) is 10.0 Å². The molecule has 0 aliphatic rings. The number of amides is 1. The van der Waals surface area contributed by atoms with Gasteiger partial charge in [0.05, 0.1) is 4.90 Å². The van der Waals surface area contributed by atoms with Crippen molar-refractivity contribution < 1.29 is 23.1 Å². The largest absolute Gasteiger partial charge is 0.481 e. The highest BCUT2D eigenvalue weighted by molar-refractivity contribution is 7.89. The summed E-state index contributed by atoms with van der Waals surface area (Å²) in [6, 6.07) is 5.56. The highest BCUT2D eigenvalue weighted by atomic mass is 32.2. The predicted octanol–water partition coefficient (Wildman–Crippen LogP) is 0.531.